The lowest BCUT2D eigenvalue weighted by Crippen LogP contribution is -2.05. The maximum absolute atomic E-state index is 13.1. The molecule has 0 saturated carbocycles. The average molecular weight is 280 g/mol. The van der Waals surface area contributed by atoms with Crippen LogP contribution in [0.2, 0.25) is 5.02 Å². The molecule has 1 N–H and O–H groups in total. The average Bonchev–Trinajstić information content (AvgIpc) is 2.37. The Balaban J connectivity index is 2.60. The van der Waals surface area contributed by atoms with Crippen molar-refractivity contribution in [1.82, 2.24) is 9.97 Å². The number of aryl methyl sites for hydroxylation is 1. The zero-order valence-corrected chi connectivity index (χ0v) is 11.8. The first-order valence-electron chi connectivity index (χ1n) is 6.07. The minimum Gasteiger partial charge on any atom is -0.373 e. The Labute approximate surface area is 116 Å². The highest BCUT2D eigenvalue weighted by Gasteiger charge is 2.13. The van der Waals surface area contributed by atoms with Crippen molar-refractivity contribution in [3.05, 3.63) is 40.3 Å². The highest BCUT2D eigenvalue weighted by Crippen LogP contribution is 2.28. The molecule has 19 heavy (non-hydrogen) atoms. The van der Waals surface area contributed by atoms with Gasteiger partial charge >= 0.3 is 0 Å². The van der Waals surface area contributed by atoms with Crippen LogP contribution in [0, 0.1) is 12.7 Å². The maximum Gasteiger partial charge on any atom is 0.163 e. The summed E-state index contributed by atoms with van der Waals surface area (Å²) in [5, 5.41) is 3.37. The summed E-state index contributed by atoms with van der Waals surface area (Å²) in [5.41, 5.74) is 2.60. The van der Waals surface area contributed by atoms with E-state index in [2.05, 4.69) is 22.2 Å². The highest BCUT2D eigenvalue weighted by atomic mass is 35.5. The Hall–Kier alpha value is -1.68. The van der Waals surface area contributed by atoms with Crippen LogP contribution in [0.4, 0.5) is 10.2 Å². The van der Waals surface area contributed by atoms with Gasteiger partial charge in [0.05, 0.1) is 5.02 Å². The summed E-state index contributed by atoms with van der Waals surface area (Å²) in [6.45, 7) is 3.99. The molecular formula is C14H15ClFN3. The molecule has 0 saturated heterocycles. The van der Waals surface area contributed by atoms with E-state index in [1.807, 2.05) is 14.0 Å². The van der Waals surface area contributed by atoms with Crippen LogP contribution in [0.3, 0.4) is 0 Å². The van der Waals surface area contributed by atoms with E-state index in [9.17, 15) is 4.39 Å². The maximum atomic E-state index is 13.1. The predicted molar refractivity (Wildman–Crippen MR) is 76.1 cm³/mol. The topological polar surface area (TPSA) is 37.8 Å². The highest BCUT2D eigenvalue weighted by molar-refractivity contribution is 6.33. The van der Waals surface area contributed by atoms with Gasteiger partial charge in [-0.15, -0.1) is 0 Å². The summed E-state index contributed by atoms with van der Waals surface area (Å²) in [7, 11) is 1.82. The Bertz CT molecular complexity index is 614. The third-order valence-electron chi connectivity index (χ3n) is 2.98. The van der Waals surface area contributed by atoms with Crippen molar-refractivity contribution in [3.8, 4) is 11.4 Å². The Morgan fingerprint density at radius 1 is 1.32 bits per heavy atom. The van der Waals surface area contributed by atoms with Gasteiger partial charge in [0.25, 0.3) is 0 Å². The number of aromatic nitrogens is 2. The molecule has 1 heterocycles. The third kappa shape index (κ3) is 2.68. The van der Waals surface area contributed by atoms with Gasteiger partial charge < -0.3 is 5.32 Å². The second kappa shape index (κ2) is 5.53. The van der Waals surface area contributed by atoms with Crippen LogP contribution in [-0.2, 0) is 6.42 Å². The molecule has 0 unspecified atom stereocenters. The number of halogens is 2. The van der Waals surface area contributed by atoms with Gasteiger partial charge in [-0.2, -0.15) is 0 Å². The number of benzene rings is 1. The van der Waals surface area contributed by atoms with Gasteiger partial charge in [-0.05, 0) is 31.5 Å². The van der Waals surface area contributed by atoms with E-state index < -0.39 is 0 Å². The SMILES string of the molecule is CCc1c(C)nc(-c2ccc(F)cc2Cl)nc1NC. The van der Waals surface area contributed by atoms with E-state index in [1.54, 1.807) is 6.07 Å². The van der Waals surface area contributed by atoms with E-state index in [0.717, 1.165) is 23.5 Å². The van der Waals surface area contributed by atoms with E-state index in [1.165, 1.54) is 12.1 Å². The summed E-state index contributed by atoms with van der Waals surface area (Å²) in [5.74, 6) is 0.916. The number of hydrogen-bond acceptors (Lipinski definition) is 3. The molecule has 100 valence electrons. The Morgan fingerprint density at radius 3 is 2.63 bits per heavy atom. The number of hydrogen-bond donors (Lipinski definition) is 1. The van der Waals surface area contributed by atoms with Gasteiger partial charge in [0.15, 0.2) is 5.82 Å². The molecule has 5 heteroatoms. The quantitative estimate of drug-likeness (QED) is 0.927. The largest absolute Gasteiger partial charge is 0.373 e. The first-order valence-corrected chi connectivity index (χ1v) is 6.45. The fourth-order valence-electron chi connectivity index (χ4n) is 2.02. The van der Waals surface area contributed by atoms with E-state index >= 15 is 0 Å². The van der Waals surface area contributed by atoms with Gasteiger partial charge in [0.2, 0.25) is 0 Å². The standard InChI is InChI=1S/C14H15ClFN3/c1-4-10-8(2)18-14(19-13(10)17-3)11-6-5-9(16)7-12(11)15/h5-7H,4H2,1-3H3,(H,17,18,19). The first kappa shape index (κ1) is 13.7. The van der Waals surface area contributed by atoms with Crippen molar-refractivity contribution >= 4 is 17.4 Å². The zero-order valence-electron chi connectivity index (χ0n) is 11.1. The molecule has 3 nitrogen and oxygen atoms in total. The third-order valence-corrected chi connectivity index (χ3v) is 3.29. The second-order valence-corrected chi connectivity index (χ2v) is 4.59. The van der Waals surface area contributed by atoms with Crippen molar-refractivity contribution in [1.29, 1.82) is 0 Å². The first-order chi connectivity index (χ1) is 9.06. The lowest BCUT2D eigenvalue weighted by atomic mass is 10.1. The van der Waals surface area contributed by atoms with Gasteiger partial charge in [0, 0.05) is 23.9 Å². The number of rotatable bonds is 3. The van der Waals surface area contributed by atoms with Crippen LogP contribution in [-0.4, -0.2) is 17.0 Å². The summed E-state index contributed by atoms with van der Waals surface area (Å²) < 4.78 is 13.1. The molecule has 0 radical (unpaired) electrons. The van der Waals surface area contributed by atoms with Crippen LogP contribution in [0.1, 0.15) is 18.2 Å². The molecule has 0 aliphatic rings. The fourth-order valence-corrected chi connectivity index (χ4v) is 2.27. The smallest absolute Gasteiger partial charge is 0.163 e. The van der Waals surface area contributed by atoms with Crippen LogP contribution < -0.4 is 5.32 Å². The Kier molecular flexibility index (Phi) is 4.00. The summed E-state index contributed by atoms with van der Waals surface area (Å²) >= 11 is 6.05. The van der Waals surface area contributed by atoms with Crippen molar-refractivity contribution in [2.24, 2.45) is 0 Å². The molecule has 1 aromatic heterocycles. The molecule has 0 aliphatic heterocycles. The number of anilines is 1. The van der Waals surface area contributed by atoms with Crippen molar-refractivity contribution in [2.75, 3.05) is 12.4 Å². The molecule has 0 amide bonds. The lowest BCUT2D eigenvalue weighted by molar-refractivity contribution is 0.628. The van der Waals surface area contributed by atoms with Crippen LogP contribution in [0.15, 0.2) is 18.2 Å². The van der Waals surface area contributed by atoms with Gasteiger partial charge in [0.1, 0.15) is 11.6 Å². The molecule has 0 spiro atoms. The number of nitrogens with zero attached hydrogens (tertiary/aromatic N) is 2. The van der Waals surface area contributed by atoms with Gasteiger partial charge in [-0.1, -0.05) is 18.5 Å². The molecule has 0 aliphatic carbocycles. The Morgan fingerprint density at radius 2 is 2.05 bits per heavy atom. The normalized spacial score (nSPS) is 10.6. The minimum atomic E-state index is -0.371. The molecule has 0 fully saturated rings. The summed E-state index contributed by atoms with van der Waals surface area (Å²) in [6.07, 6.45) is 0.847. The van der Waals surface area contributed by atoms with Gasteiger partial charge in [-0.3, -0.25) is 0 Å². The van der Waals surface area contributed by atoms with Crippen molar-refractivity contribution in [2.45, 2.75) is 20.3 Å². The molecule has 1 aromatic carbocycles. The lowest BCUT2D eigenvalue weighted by Gasteiger charge is -2.12. The molecule has 2 rings (SSSR count). The summed E-state index contributed by atoms with van der Waals surface area (Å²) in [4.78, 5) is 8.91. The molecule has 0 bridgehead atoms. The van der Waals surface area contributed by atoms with Crippen LogP contribution in [0.25, 0.3) is 11.4 Å². The van der Waals surface area contributed by atoms with E-state index in [0.29, 0.717) is 16.4 Å². The molecule has 2 aromatic rings. The predicted octanol–water partition coefficient (Wildman–Crippen LogP) is 3.85. The fraction of sp³-hybridized carbons (Fsp3) is 0.286. The molecular weight excluding hydrogens is 265 g/mol. The summed E-state index contributed by atoms with van der Waals surface area (Å²) in [6, 6.07) is 4.21. The van der Waals surface area contributed by atoms with Crippen molar-refractivity contribution < 1.29 is 4.39 Å². The zero-order chi connectivity index (χ0) is 14.0. The van der Waals surface area contributed by atoms with E-state index in [4.69, 9.17) is 11.6 Å². The van der Waals surface area contributed by atoms with E-state index in [-0.39, 0.29) is 5.82 Å². The van der Waals surface area contributed by atoms with Gasteiger partial charge in [-0.25, -0.2) is 14.4 Å². The van der Waals surface area contributed by atoms with Crippen LogP contribution >= 0.6 is 11.6 Å². The van der Waals surface area contributed by atoms with Crippen molar-refractivity contribution in [3.63, 3.8) is 0 Å². The minimum absolute atomic E-state index is 0.311. The molecule has 0 atom stereocenters. The second-order valence-electron chi connectivity index (χ2n) is 4.19. The van der Waals surface area contributed by atoms with Crippen LogP contribution in [0.5, 0.6) is 0 Å². The monoisotopic (exact) mass is 279 g/mol. The number of nitrogens with one attached hydrogen (secondary N) is 1.